The molecule has 0 fully saturated rings. The summed E-state index contributed by atoms with van der Waals surface area (Å²) < 4.78 is 10.6. The van der Waals surface area contributed by atoms with Crippen molar-refractivity contribution in [1.82, 2.24) is 5.16 Å². The maximum atomic E-state index is 12.0. The highest BCUT2D eigenvalue weighted by Gasteiger charge is 2.20. The number of carbonyl (C=O) groups is 1. The number of ether oxygens (including phenoxy) is 1. The van der Waals surface area contributed by atoms with Crippen LogP contribution in [0, 0.1) is 6.92 Å². The van der Waals surface area contributed by atoms with Crippen LogP contribution in [0.1, 0.15) is 19.5 Å². The predicted molar refractivity (Wildman–Crippen MR) is 76.4 cm³/mol. The van der Waals surface area contributed by atoms with E-state index in [0.29, 0.717) is 23.7 Å². The second-order valence-corrected chi connectivity index (χ2v) is 4.42. The molecule has 0 aliphatic rings. The normalized spacial score (nSPS) is 12.2. The predicted octanol–water partition coefficient (Wildman–Crippen LogP) is 3.01. The van der Waals surface area contributed by atoms with Crippen LogP contribution in [0.5, 0.6) is 0 Å². The SMILES string of the molecule is CCO[C@H](C)C(=O)Nc1c(C)noc1-c1ccccc1. The monoisotopic (exact) mass is 274 g/mol. The fraction of sp³-hybridized carbons (Fsp3) is 0.333. The van der Waals surface area contributed by atoms with Gasteiger partial charge >= 0.3 is 0 Å². The minimum Gasteiger partial charge on any atom is -0.369 e. The van der Waals surface area contributed by atoms with Gasteiger partial charge in [0.05, 0.1) is 0 Å². The third-order valence-electron chi connectivity index (χ3n) is 2.93. The van der Waals surface area contributed by atoms with E-state index in [1.165, 1.54) is 0 Å². The van der Waals surface area contributed by atoms with E-state index >= 15 is 0 Å². The van der Waals surface area contributed by atoms with Gasteiger partial charge < -0.3 is 14.6 Å². The van der Waals surface area contributed by atoms with E-state index in [0.717, 1.165) is 5.56 Å². The van der Waals surface area contributed by atoms with E-state index in [9.17, 15) is 4.79 Å². The first-order valence-corrected chi connectivity index (χ1v) is 6.57. The molecule has 106 valence electrons. The summed E-state index contributed by atoms with van der Waals surface area (Å²) in [4.78, 5) is 12.0. The van der Waals surface area contributed by atoms with Crippen LogP contribution in [-0.4, -0.2) is 23.8 Å². The number of benzene rings is 1. The molecule has 1 heterocycles. The molecule has 5 nitrogen and oxygen atoms in total. The molecule has 1 amide bonds. The summed E-state index contributed by atoms with van der Waals surface area (Å²) in [5, 5.41) is 6.74. The zero-order valence-corrected chi connectivity index (χ0v) is 11.8. The third-order valence-corrected chi connectivity index (χ3v) is 2.93. The number of rotatable bonds is 5. The number of anilines is 1. The van der Waals surface area contributed by atoms with Gasteiger partial charge in [0.1, 0.15) is 17.5 Å². The molecule has 0 radical (unpaired) electrons. The van der Waals surface area contributed by atoms with Crippen LogP contribution in [0.3, 0.4) is 0 Å². The van der Waals surface area contributed by atoms with Gasteiger partial charge in [-0.25, -0.2) is 0 Å². The lowest BCUT2D eigenvalue weighted by Gasteiger charge is -2.12. The summed E-state index contributed by atoms with van der Waals surface area (Å²) >= 11 is 0. The van der Waals surface area contributed by atoms with E-state index < -0.39 is 6.10 Å². The highest BCUT2D eigenvalue weighted by molar-refractivity contribution is 5.97. The first-order valence-electron chi connectivity index (χ1n) is 6.57. The Kier molecular flexibility index (Phi) is 4.53. The van der Waals surface area contributed by atoms with E-state index in [1.807, 2.05) is 37.3 Å². The van der Waals surface area contributed by atoms with Crippen molar-refractivity contribution in [2.24, 2.45) is 0 Å². The van der Waals surface area contributed by atoms with Gasteiger partial charge in [0, 0.05) is 12.2 Å². The number of carbonyl (C=O) groups excluding carboxylic acids is 1. The number of hydrogen-bond donors (Lipinski definition) is 1. The summed E-state index contributed by atoms with van der Waals surface area (Å²) in [6, 6.07) is 9.54. The van der Waals surface area contributed by atoms with Crippen LogP contribution in [0.15, 0.2) is 34.9 Å². The molecule has 0 aliphatic heterocycles. The molecule has 0 saturated carbocycles. The Morgan fingerprint density at radius 3 is 2.75 bits per heavy atom. The van der Waals surface area contributed by atoms with Crippen molar-refractivity contribution in [3.05, 3.63) is 36.0 Å². The molecule has 0 bridgehead atoms. The molecule has 20 heavy (non-hydrogen) atoms. The molecule has 1 atom stereocenters. The lowest BCUT2D eigenvalue weighted by molar-refractivity contribution is -0.126. The Hall–Kier alpha value is -2.14. The summed E-state index contributed by atoms with van der Waals surface area (Å²) in [5.41, 5.74) is 2.10. The first kappa shape index (κ1) is 14.3. The summed E-state index contributed by atoms with van der Waals surface area (Å²) in [6.07, 6.45) is -0.516. The van der Waals surface area contributed by atoms with Crippen molar-refractivity contribution >= 4 is 11.6 Å². The second kappa shape index (κ2) is 6.34. The number of aromatic nitrogens is 1. The zero-order chi connectivity index (χ0) is 14.5. The zero-order valence-electron chi connectivity index (χ0n) is 11.8. The summed E-state index contributed by atoms with van der Waals surface area (Å²) in [5.74, 6) is 0.343. The first-order chi connectivity index (χ1) is 9.63. The van der Waals surface area contributed by atoms with E-state index in [2.05, 4.69) is 10.5 Å². The highest BCUT2D eigenvalue weighted by Crippen LogP contribution is 2.30. The van der Waals surface area contributed by atoms with Crippen molar-refractivity contribution in [2.45, 2.75) is 26.9 Å². The molecule has 1 aromatic heterocycles. The van der Waals surface area contributed by atoms with Crippen molar-refractivity contribution < 1.29 is 14.1 Å². The van der Waals surface area contributed by atoms with Crippen LogP contribution in [-0.2, 0) is 9.53 Å². The number of hydrogen-bond acceptors (Lipinski definition) is 4. The molecular weight excluding hydrogens is 256 g/mol. The van der Waals surface area contributed by atoms with Crippen LogP contribution in [0.25, 0.3) is 11.3 Å². The number of amides is 1. The number of nitrogens with one attached hydrogen (secondary N) is 1. The van der Waals surface area contributed by atoms with Crippen LogP contribution in [0.4, 0.5) is 5.69 Å². The van der Waals surface area contributed by atoms with E-state index in [1.54, 1.807) is 13.8 Å². The van der Waals surface area contributed by atoms with Gasteiger partial charge in [-0.3, -0.25) is 4.79 Å². The van der Waals surface area contributed by atoms with Gasteiger partial charge in [-0.2, -0.15) is 0 Å². The molecule has 2 aromatic rings. The van der Waals surface area contributed by atoms with Gasteiger partial charge in [-0.1, -0.05) is 35.5 Å². The maximum absolute atomic E-state index is 12.0. The molecule has 0 unspecified atom stereocenters. The smallest absolute Gasteiger partial charge is 0.253 e. The highest BCUT2D eigenvalue weighted by atomic mass is 16.5. The minimum absolute atomic E-state index is 0.213. The second-order valence-electron chi connectivity index (χ2n) is 4.42. The van der Waals surface area contributed by atoms with Crippen molar-refractivity contribution in [3.8, 4) is 11.3 Å². The van der Waals surface area contributed by atoms with Crippen LogP contribution >= 0.6 is 0 Å². The molecule has 0 aliphatic carbocycles. The molecule has 2 rings (SSSR count). The maximum Gasteiger partial charge on any atom is 0.253 e. The van der Waals surface area contributed by atoms with Gasteiger partial charge in [0.15, 0.2) is 5.76 Å². The van der Waals surface area contributed by atoms with Crippen molar-refractivity contribution in [1.29, 1.82) is 0 Å². The lowest BCUT2D eigenvalue weighted by atomic mass is 10.1. The Morgan fingerprint density at radius 1 is 1.40 bits per heavy atom. The van der Waals surface area contributed by atoms with Crippen molar-refractivity contribution in [2.75, 3.05) is 11.9 Å². The molecule has 5 heteroatoms. The fourth-order valence-corrected chi connectivity index (χ4v) is 1.85. The number of aryl methyl sites for hydroxylation is 1. The standard InChI is InChI=1S/C15H18N2O3/c1-4-19-11(3)15(18)16-13-10(2)17-20-14(13)12-8-6-5-7-9-12/h5-9,11H,4H2,1-3H3,(H,16,18)/t11-/m1/s1. The summed E-state index contributed by atoms with van der Waals surface area (Å²) in [6.45, 7) is 5.84. The van der Waals surface area contributed by atoms with Crippen LogP contribution in [0.2, 0.25) is 0 Å². The topological polar surface area (TPSA) is 64.4 Å². The van der Waals surface area contributed by atoms with Gasteiger partial charge in [0.25, 0.3) is 5.91 Å². The molecule has 1 N–H and O–H groups in total. The Morgan fingerprint density at radius 2 is 2.10 bits per heavy atom. The average Bonchev–Trinajstić information content (AvgIpc) is 2.81. The van der Waals surface area contributed by atoms with Crippen molar-refractivity contribution in [3.63, 3.8) is 0 Å². The molecule has 0 spiro atoms. The summed E-state index contributed by atoms with van der Waals surface area (Å²) in [7, 11) is 0. The Bertz CT molecular complexity index is 578. The lowest BCUT2D eigenvalue weighted by Crippen LogP contribution is -2.28. The fourth-order valence-electron chi connectivity index (χ4n) is 1.85. The van der Waals surface area contributed by atoms with Gasteiger partial charge in [-0.15, -0.1) is 0 Å². The minimum atomic E-state index is -0.516. The quantitative estimate of drug-likeness (QED) is 0.910. The molecule has 1 aromatic carbocycles. The van der Waals surface area contributed by atoms with E-state index in [-0.39, 0.29) is 5.91 Å². The Balaban J connectivity index is 2.24. The Labute approximate surface area is 117 Å². The van der Waals surface area contributed by atoms with Crippen LogP contribution < -0.4 is 5.32 Å². The number of nitrogens with zero attached hydrogens (tertiary/aromatic N) is 1. The molecular formula is C15H18N2O3. The van der Waals surface area contributed by atoms with E-state index in [4.69, 9.17) is 9.26 Å². The average molecular weight is 274 g/mol. The third kappa shape index (κ3) is 3.05. The van der Waals surface area contributed by atoms with Gasteiger partial charge in [-0.05, 0) is 20.8 Å². The van der Waals surface area contributed by atoms with Gasteiger partial charge in [0.2, 0.25) is 0 Å². The molecule has 0 saturated heterocycles. The largest absolute Gasteiger partial charge is 0.369 e.